The number of allylic oxidation sites excluding steroid dienone is 1. The van der Waals surface area contributed by atoms with Gasteiger partial charge in [-0.3, -0.25) is 4.99 Å². The summed E-state index contributed by atoms with van der Waals surface area (Å²) < 4.78 is 2.52. The Balaban J connectivity index is 1.30. The maximum absolute atomic E-state index is 13.5. The van der Waals surface area contributed by atoms with Crippen molar-refractivity contribution in [1.82, 2.24) is 20.2 Å². The van der Waals surface area contributed by atoms with Gasteiger partial charge in [-0.1, -0.05) is 36.6 Å². The summed E-state index contributed by atoms with van der Waals surface area (Å²) in [5, 5.41) is 34.5. The third-order valence-corrected chi connectivity index (χ3v) is 7.21. The molecule has 0 amide bonds. The first-order valence-corrected chi connectivity index (χ1v) is 12.5. The fraction of sp³-hybridized carbons (Fsp3) is 0.214. The van der Waals surface area contributed by atoms with Crippen molar-refractivity contribution in [1.29, 1.82) is 5.26 Å². The molecule has 37 heavy (non-hydrogen) atoms. The molecule has 2 aromatic carbocycles. The molecule has 3 heterocycles. The van der Waals surface area contributed by atoms with Gasteiger partial charge < -0.3 is 5.21 Å². The van der Waals surface area contributed by atoms with E-state index in [2.05, 4.69) is 21.6 Å². The Morgan fingerprint density at radius 2 is 1.92 bits per heavy atom. The lowest BCUT2D eigenvalue weighted by Crippen LogP contribution is -2.35. The fourth-order valence-corrected chi connectivity index (χ4v) is 5.01. The van der Waals surface area contributed by atoms with Crippen LogP contribution >= 0.6 is 11.6 Å². The first-order valence-electron chi connectivity index (χ1n) is 12.1. The average Bonchev–Trinajstić information content (AvgIpc) is 3.36. The predicted molar refractivity (Wildman–Crippen MR) is 140 cm³/mol. The van der Waals surface area contributed by atoms with Crippen LogP contribution in [0.3, 0.4) is 0 Å². The van der Waals surface area contributed by atoms with Gasteiger partial charge in [-0.25, -0.2) is 0 Å². The number of aromatic nitrogens is 5. The molecule has 6 rings (SSSR count). The van der Waals surface area contributed by atoms with Crippen LogP contribution in [0.2, 0.25) is 5.02 Å². The molecule has 1 aliphatic carbocycles. The zero-order valence-electron chi connectivity index (χ0n) is 19.8. The van der Waals surface area contributed by atoms with Crippen LogP contribution in [-0.2, 0) is 0 Å². The second-order valence-electron chi connectivity index (χ2n) is 9.46. The van der Waals surface area contributed by atoms with Gasteiger partial charge in [-0.15, -0.1) is 5.10 Å². The molecule has 0 spiro atoms. The number of pyridine rings is 1. The summed E-state index contributed by atoms with van der Waals surface area (Å²) in [6.45, 7) is 0. The number of tetrazole rings is 1. The molecular formula is C28H22ClN7O. The zero-order chi connectivity index (χ0) is 25.4. The highest BCUT2D eigenvalue weighted by Gasteiger charge is 2.34. The second-order valence-corrected chi connectivity index (χ2v) is 9.89. The highest BCUT2D eigenvalue weighted by atomic mass is 35.5. The van der Waals surface area contributed by atoms with E-state index in [-0.39, 0.29) is 5.92 Å². The van der Waals surface area contributed by atoms with Crippen molar-refractivity contribution in [2.24, 2.45) is 10.9 Å². The first-order chi connectivity index (χ1) is 18.1. The SMILES string of the molecule is N#Cc1ccc(C2=CN=C(C(CC3CC3)c3ccc(-c4cc(Cl)ccc4-n4cnnn4)c[n+]3[O-])C2)cc1. The standard InChI is InChI=1S/C28H22ClN7O/c29-23-8-10-27(35-17-32-33-34-35)24(13-23)21-7-9-28(36(37)16-21)25(11-18-1-2-18)26-12-22(15-31-26)20-5-3-19(14-30)4-6-20/h3-10,13,15-18,25H,1-2,11-12H2. The van der Waals surface area contributed by atoms with Crippen LogP contribution in [0.1, 0.15) is 48.4 Å². The van der Waals surface area contributed by atoms with Crippen LogP contribution in [-0.4, -0.2) is 25.9 Å². The minimum atomic E-state index is -0.0653. The molecule has 8 nitrogen and oxygen atoms in total. The molecule has 0 bridgehead atoms. The molecule has 0 saturated heterocycles. The molecular weight excluding hydrogens is 486 g/mol. The van der Waals surface area contributed by atoms with Crippen molar-refractivity contribution < 1.29 is 4.73 Å². The Morgan fingerprint density at radius 1 is 1.11 bits per heavy atom. The van der Waals surface area contributed by atoms with Crippen molar-refractivity contribution in [2.45, 2.75) is 31.6 Å². The number of nitrogens with zero attached hydrogens (tertiary/aromatic N) is 7. The van der Waals surface area contributed by atoms with Crippen LogP contribution in [0.4, 0.5) is 0 Å². The Labute approximate surface area is 218 Å². The van der Waals surface area contributed by atoms with Gasteiger partial charge in [-0.2, -0.15) is 14.7 Å². The van der Waals surface area contributed by atoms with Gasteiger partial charge in [0, 0.05) is 40.5 Å². The topological polar surface area (TPSA) is 107 Å². The van der Waals surface area contributed by atoms with Gasteiger partial charge in [-0.05, 0) is 70.3 Å². The van der Waals surface area contributed by atoms with E-state index in [1.807, 2.05) is 54.7 Å². The lowest BCUT2D eigenvalue weighted by Gasteiger charge is -2.18. The summed E-state index contributed by atoms with van der Waals surface area (Å²) in [7, 11) is 0. The van der Waals surface area contributed by atoms with Crippen LogP contribution in [0.15, 0.2) is 78.3 Å². The number of hydrogen-bond acceptors (Lipinski definition) is 6. The Bertz CT molecular complexity index is 1570. The van der Waals surface area contributed by atoms with Crippen molar-refractivity contribution >= 4 is 22.9 Å². The molecule has 0 radical (unpaired) electrons. The molecule has 0 N–H and O–H groups in total. The maximum Gasteiger partial charge on any atom is 0.201 e. The zero-order valence-corrected chi connectivity index (χ0v) is 20.6. The summed E-state index contributed by atoms with van der Waals surface area (Å²) in [4.78, 5) is 4.77. The van der Waals surface area contributed by atoms with E-state index < -0.39 is 0 Å². The van der Waals surface area contributed by atoms with Crippen LogP contribution in [0.25, 0.3) is 22.4 Å². The van der Waals surface area contributed by atoms with Crippen LogP contribution in [0.5, 0.6) is 0 Å². The minimum absolute atomic E-state index is 0.0653. The molecule has 1 aliphatic heterocycles. The van der Waals surface area contributed by atoms with Gasteiger partial charge in [0.15, 0.2) is 6.20 Å². The van der Waals surface area contributed by atoms with Crippen LogP contribution in [0, 0.1) is 22.5 Å². The minimum Gasteiger partial charge on any atom is -0.618 e. The molecule has 1 fully saturated rings. The highest BCUT2D eigenvalue weighted by molar-refractivity contribution is 6.31. The molecule has 1 unspecified atom stereocenters. The van der Waals surface area contributed by atoms with E-state index >= 15 is 0 Å². The van der Waals surface area contributed by atoms with E-state index in [1.54, 1.807) is 16.9 Å². The Morgan fingerprint density at radius 3 is 2.62 bits per heavy atom. The van der Waals surface area contributed by atoms with Crippen molar-refractivity contribution in [3.05, 3.63) is 100 Å². The number of rotatable bonds is 7. The van der Waals surface area contributed by atoms with Crippen molar-refractivity contribution in [3.8, 4) is 22.9 Å². The van der Waals surface area contributed by atoms with Gasteiger partial charge in [0.1, 0.15) is 6.33 Å². The monoisotopic (exact) mass is 507 g/mol. The fourth-order valence-electron chi connectivity index (χ4n) is 4.84. The van der Waals surface area contributed by atoms with E-state index in [9.17, 15) is 5.21 Å². The normalized spacial score (nSPS) is 15.7. The summed E-state index contributed by atoms with van der Waals surface area (Å²) in [6, 6.07) is 19.0. The number of aliphatic imine (C=N–C) groups is 1. The number of nitriles is 1. The average molecular weight is 508 g/mol. The summed E-state index contributed by atoms with van der Waals surface area (Å²) in [5.41, 5.74) is 6.68. The van der Waals surface area contributed by atoms with E-state index in [0.717, 1.165) is 44.8 Å². The van der Waals surface area contributed by atoms with Gasteiger partial charge in [0.05, 0.1) is 23.2 Å². The first kappa shape index (κ1) is 23.1. The quantitative estimate of drug-likeness (QED) is 0.250. The van der Waals surface area contributed by atoms with Gasteiger partial charge in [0.2, 0.25) is 5.69 Å². The number of hydrogen-bond donors (Lipinski definition) is 0. The molecule has 2 aromatic heterocycles. The lowest BCUT2D eigenvalue weighted by atomic mass is 9.88. The van der Waals surface area contributed by atoms with Gasteiger partial charge in [0.25, 0.3) is 0 Å². The smallest absolute Gasteiger partial charge is 0.201 e. The molecule has 1 saturated carbocycles. The Hall–Kier alpha value is -4.35. The highest BCUT2D eigenvalue weighted by Crippen LogP contribution is 2.41. The second kappa shape index (κ2) is 9.60. The summed E-state index contributed by atoms with van der Waals surface area (Å²) in [5.74, 6) is 0.551. The van der Waals surface area contributed by atoms with E-state index in [4.69, 9.17) is 21.9 Å². The van der Waals surface area contributed by atoms with E-state index in [0.29, 0.717) is 28.6 Å². The summed E-state index contributed by atoms with van der Waals surface area (Å²) in [6.07, 6.45) is 8.96. The maximum atomic E-state index is 13.5. The molecule has 2 aliphatic rings. The third-order valence-electron chi connectivity index (χ3n) is 6.98. The van der Waals surface area contributed by atoms with Crippen molar-refractivity contribution in [2.75, 3.05) is 0 Å². The van der Waals surface area contributed by atoms with Gasteiger partial charge >= 0.3 is 0 Å². The third kappa shape index (κ3) is 4.74. The Kier molecular flexibility index (Phi) is 5.99. The molecule has 1 atom stereocenters. The predicted octanol–water partition coefficient (Wildman–Crippen LogP) is 5.26. The van der Waals surface area contributed by atoms with Crippen LogP contribution < -0.4 is 4.73 Å². The summed E-state index contributed by atoms with van der Waals surface area (Å²) >= 11 is 6.30. The molecule has 4 aromatic rings. The molecule has 182 valence electrons. The van der Waals surface area contributed by atoms with Crippen molar-refractivity contribution in [3.63, 3.8) is 0 Å². The lowest BCUT2D eigenvalue weighted by molar-refractivity contribution is -0.614. The number of benzene rings is 2. The molecule has 9 heteroatoms. The van der Waals surface area contributed by atoms with E-state index in [1.165, 1.54) is 19.2 Å². The largest absolute Gasteiger partial charge is 0.618 e. The number of halogens is 1.